The van der Waals surface area contributed by atoms with Gasteiger partial charge in [0.25, 0.3) is 0 Å². The van der Waals surface area contributed by atoms with Gasteiger partial charge in [-0.15, -0.1) is 11.8 Å². The molecule has 0 aromatic heterocycles. The van der Waals surface area contributed by atoms with Crippen molar-refractivity contribution in [2.45, 2.75) is 31.6 Å². The van der Waals surface area contributed by atoms with Gasteiger partial charge in [0, 0.05) is 10.6 Å². The number of carbonyl (C=O) groups excluding carboxylic acids is 1. The minimum Gasteiger partial charge on any atom is -0.325 e. The fourth-order valence-electron chi connectivity index (χ4n) is 2.01. The number of hydrogen-bond acceptors (Lipinski definition) is 2. The number of aryl methyl sites for hydroxylation is 1. The zero-order valence-electron chi connectivity index (χ0n) is 12.7. The minimum atomic E-state index is 0.0283. The van der Waals surface area contributed by atoms with Crippen molar-refractivity contribution in [3.05, 3.63) is 59.7 Å². The van der Waals surface area contributed by atoms with Crippen LogP contribution in [-0.2, 0) is 4.79 Å². The molecule has 110 valence electrons. The Kier molecular flexibility index (Phi) is 5.45. The average molecular weight is 299 g/mol. The fraction of sp³-hybridized carbons (Fsp3) is 0.278. The van der Waals surface area contributed by atoms with Crippen LogP contribution in [-0.4, -0.2) is 11.7 Å². The number of hydrogen-bond donors (Lipinski definition) is 1. The van der Waals surface area contributed by atoms with Crippen LogP contribution in [0.2, 0.25) is 0 Å². The van der Waals surface area contributed by atoms with Crippen molar-refractivity contribution in [2.24, 2.45) is 0 Å². The molecule has 0 saturated heterocycles. The van der Waals surface area contributed by atoms with Gasteiger partial charge in [-0.25, -0.2) is 0 Å². The van der Waals surface area contributed by atoms with Crippen LogP contribution in [0.3, 0.4) is 0 Å². The Hall–Kier alpha value is -1.74. The predicted molar refractivity (Wildman–Crippen MR) is 91.1 cm³/mol. The van der Waals surface area contributed by atoms with E-state index in [1.807, 2.05) is 30.3 Å². The number of carbonyl (C=O) groups is 1. The van der Waals surface area contributed by atoms with E-state index in [-0.39, 0.29) is 5.91 Å². The van der Waals surface area contributed by atoms with Crippen molar-refractivity contribution in [1.82, 2.24) is 0 Å². The number of benzene rings is 2. The van der Waals surface area contributed by atoms with E-state index in [9.17, 15) is 4.79 Å². The van der Waals surface area contributed by atoms with Crippen molar-refractivity contribution in [1.29, 1.82) is 0 Å². The van der Waals surface area contributed by atoms with Crippen LogP contribution in [0.15, 0.2) is 53.4 Å². The number of thioether (sulfide) groups is 1. The maximum atomic E-state index is 12.0. The molecule has 1 N–H and O–H groups in total. The first-order valence-corrected chi connectivity index (χ1v) is 8.13. The highest BCUT2D eigenvalue weighted by Crippen LogP contribution is 2.22. The van der Waals surface area contributed by atoms with Crippen molar-refractivity contribution in [3.8, 4) is 0 Å². The first kappa shape index (κ1) is 15.6. The van der Waals surface area contributed by atoms with Gasteiger partial charge < -0.3 is 5.32 Å². The smallest absolute Gasteiger partial charge is 0.234 e. The SMILES string of the molecule is Cc1ccccc1SCC(=O)Nc1ccc(C(C)C)cc1. The molecule has 2 aromatic carbocycles. The zero-order chi connectivity index (χ0) is 15.2. The highest BCUT2D eigenvalue weighted by atomic mass is 32.2. The molecule has 0 fully saturated rings. The highest BCUT2D eigenvalue weighted by Gasteiger charge is 2.06. The highest BCUT2D eigenvalue weighted by molar-refractivity contribution is 8.00. The van der Waals surface area contributed by atoms with Gasteiger partial charge in [0.2, 0.25) is 5.91 Å². The summed E-state index contributed by atoms with van der Waals surface area (Å²) in [5.41, 5.74) is 3.34. The van der Waals surface area contributed by atoms with E-state index in [1.165, 1.54) is 11.1 Å². The van der Waals surface area contributed by atoms with E-state index < -0.39 is 0 Å². The van der Waals surface area contributed by atoms with E-state index in [1.54, 1.807) is 11.8 Å². The molecular formula is C18H21NOS. The number of anilines is 1. The third kappa shape index (κ3) is 4.64. The molecule has 0 atom stereocenters. The van der Waals surface area contributed by atoms with Crippen LogP contribution in [0.1, 0.15) is 30.9 Å². The molecule has 0 heterocycles. The van der Waals surface area contributed by atoms with Crippen molar-refractivity contribution in [3.63, 3.8) is 0 Å². The van der Waals surface area contributed by atoms with E-state index in [0.717, 1.165) is 10.6 Å². The molecule has 2 rings (SSSR count). The number of nitrogens with one attached hydrogen (secondary N) is 1. The Morgan fingerprint density at radius 3 is 2.38 bits per heavy atom. The standard InChI is InChI=1S/C18H21NOS/c1-13(2)15-8-10-16(11-9-15)19-18(20)12-21-17-7-5-4-6-14(17)3/h4-11,13H,12H2,1-3H3,(H,19,20). The summed E-state index contributed by atoms with van der Waals surface area (Å²) in [6.45, 7) is 6.38. The quantitative estimate of drug-likeness (QED) is 0.800. The monoisotopic (exact) mass is 299 g/mol. The molecule has 2 aromatic rings. The topological polar surface area (TPSA) is 29.1 Å². The summed E-state index contributed by atoms with van der Waals surface area (Å²) in [7, 11) is 0. The van der Waals surface area contributed by atoms with Gasteiger partial charge in [-0.1, -0.05) is 44.2 Å². The van der Waals surface area contributed by atoms with E-state index in [4.69, 9.17) is 0 Å². The first-order chi connectivity index (χ1) is 10.1. The van der Waals surface area contributed by atoms with Crippen LogP contribution in [0.5, 0.6) is 0 Å². The number of amides is 1. The van der Waals surface area contributed by atoms with Crippen LogP contribution < -0.4 is 5.32 Å². The number of rotatable bonds is 5. The molecule has 0 aliphatic carbocycles. The maximum absolute atomic E-state index is 12.0. The molecular weight excluding hydrogens is 278 g/mol. The second-order valence-electron chi connectivity index (χ2n) is 5.38. The summed E-state index contributed by atoms with van der Waals surface area (Å²) in [6.07, 6.45) is 0. The van der Waals surface area contributed by atoms with E-state index in [0.29, 0.717) is 11.7 Å². The summed E-state index contributed by atoms with van der Waals surface area (Å²) in [6, 6.07) is 16.2. The van der Waals surface area contributed by atoms with Crippen molar-refractivity contribution >= 4 is 23.4 Å². The minimum absolute atomic E-state index is 0.0283. The molecule has 2 nitrogen and oxygen atoms in total. The molecule has 0 bridgehead atoms. The van der Waals surface area contributed by atoms with Gasteiger partial charge in [-0.05, 0) is 42.2 Å². The third-order valence-corrected chi connectivity index (χ3v) is 4.49. The molecule has 0 aliphatic rings. The molecule has 21 heavy (non-hydrogen) atoms. The Balaban J connectivity index is 1.88. The Morgan fingerprint density at radius 2 is 1.76 bits per heavy atom. The van der Waals surface area contributed by atoms with Crippen LogP contribution in [0.4, 0.5) is 5.69 Å². The van der Waals surface area contributed by atoms with Gasteiger partial charge in [0.1, 0.15) is 0 Å². The first-order valence-electron chi connectivity index (χ1n) is 7.14. The Labute approximate surface area is 131 Å². The molecule has 0 aliphatic heterocycles. The molecule has 0 spiro atoms. The molecule has 3 heteroatoms. The summed E-state index contributed by atoms with van der Waals surface area (Å²) >= 11 is 1.57. The van der Waals surface area contributed by atoms with Gasteiger partial charge in [0.15, 0.2) is 0 Å². The largest absolute Gasteiger partial charge is 0.325 e. The zero-order valence-corrected chi connectivity index (χ0v) is 13.5. The van der Waals surface area contributed by atoms with Crippen LogP contribution >= 0.6 is 11.8 Å². The lowest BCUT2D eigenvalue weighted by atomic mass is 10.0. The van der Waals surface area contributed by atoms with Gasteiger partial charge in [0.05, 0.1) is 5.75 Å². The molecule has 1 amide bonds. The average Bonchev–Trinajstić information content (AvgIpc) is 2.47. The van der Waals surface area contributed by atoms with Gasteiger partial charge in [-0.2, -0.15) is 0 Å². The van der Waals surface area contributed by atoms with E-state index >= 15 is 0 Å². The predicted octanol–water partition coefficient (Wildman–Crippen LogP) is 4.85. The van der Waals surface area contributed by atoms with Crippen LogP contribution in [0.25, 0.3) is 0 Å². The summed E-state index contributed by atoms with van der Waals surface area (Å²) in [5.74, 6) is 0.962. The Bertz CT molecular complexity index is 605. The normalized spacial score (nSPS) is 10.7. The van der Waals surface area contributed by atoms with Crippen LogP contribution in [0, 0.1) is 6.92 Å². The van der Waals surface area contributed by atoms with Gasteiger partial charge in [-0.3, -0.25) is 4.79 Å². The summed E-state index contributed by atoms with van der Waals surface area (Å²) in [4.78, 5) is 13.1. The fourth-order valence-corrected chi connectivity index (χ4v) is 2.84. The summed E-state index contributed by atoms with van der Waals surface area (Å²) in [5, 5.41) is 2.94. The van der Waals surface area contributed by atoms with Crippen molar-refractivity contribution < 1.29 is 4.79 Å². The lowest BCUT2D eigenvalue weighted by Crippen LogP contribution is -2.14. The maximum Gasteiger partial charge on any atom is 0.234 e. The van der Waals surface area contributed by atoms with E-state index in [2.05, 4.69) is 44.3 Å². The molecule has 0 unspecified atom stereocenters. The van der Waals surface area contributed by atoms with Crippen molar-refractivity contribution in [2.75, 3.05) is 11.1 Å². The lowest BCUT2D eigenvalue weighted by Gasteiger charge is -2.09. The molecule has 0 radical (unpaired) electrons. The second kappa shape index (κ2) is 7.32. The second-order valence-corrected chi connectivity index (χ2v) is 6.40. The van der Waals surface area contributed by atoms with Gasteiger partial charge >= 0.3 is 0 Å². The Morgan fingerprint density at radius 1 is 1.10 bits per heavy atom. The summed E-state index contributed by atoms with van der Waals surface area (Å²) < 4.78 is 0. The third-order valence-electron chi connectivity index (χ3n) is 3.31. The lowest BCUT2D eigenvalue weighted by molar-refractivity contribution is -0.113. The molecule has 0 saturated carbocycles.